The van der Waals surface area contributed by atoms with Crippen LogP contribution >= 0.6 is 0 Å². The van der Waals surface area contributed by atoms with E-state index in [0.717, 1.165) is 24.1 Å². The molecule has 0 bridgehead atoms. The molecular formula is C10H12N3. The van der Waals surface area contributed by atoms with Gasteiger partial charge in [0.05, 0.1) is 6.20 Å². The zero-order valence-electron chi connectivity index (χ0n) is 7.45. The lowest BCUT2D eigenvalue weighted by Gasteiger charge is -1.97. The first-order chi connectivity index (χ1) is 6.38. The molecule has 0 fully saturated rings. The number of nitrogens with zero attached hydrogens (tertiary/aromatic N) is 2. The minimum atomic E-state index is 0.812. The van der Waals surface area contributed by atoms with Crippen molar-refractivity contribution in [2.45, 2.75) is 12.8 Å². The van der Waals surface area contributed by atoms with E-state index in [1.807, 2.05) is 6.42 Å². The summed E-state index contributed by atoms with van der Waals surface area (Å²) in [4.78, 5) is 0. The molecule has 3 nitrogen and oxygen atoms in total. The topological polar surface area (TPSA) is 41.6 Å². The first-order valence-corrected chi connectivity index (χ1v) is 4.08. The van der Waals surface area contributed by atoms with Gasteiger partial charge in [-0.2, -0.15) is 0 Å². The Bertz CT molecular complexity index is 305. The van der Waals surface area contributed by atoms with E-state index < -0.39 is 0 Å². The summed E-state index contributed by atoms with van der Waals surface area (Å²) in [6, 6.07) is 0. The van der Waals surface area contributed by atoms with E-state index in [4.69, 9.17) is 0 Å². The van der Waals surface area contributed by atoms with Gasteiger partial charge in [-0.3, -0.25) is 5.10 Å². The quantitative estimate of drug-likeness (QED) is 0.549. The van der Waals surface area contributed by atoms with Gasteiger partial charge in [-0.1, -0.05) is 17.9 Å². The van der Waals surface area contributed by atoms with Crippen molar-refractivity contribution in [1.29, 1.82) is 0 Å². The van der Waals surface area contributed by atoms with Crippen molar-refractivity contribution in [1.82, 2.24) is 15.4 Å². The molecule has 0 spiro atoms. The number of nitrogens with one attached hydrogen (secondary N) is 1. The molecule has 0 amide bonds. The zero-order valence-corrected chi connectivity index (χ0v) is 7.45. The first kappa shape index (κ1) is 9.49. The molecule has 1 N–H and O–H groups in total. The molecule has 67 valence electrons. The molecule has 1 heterocycles. The number of allylic oxidation sites excluding steroid dienone is 2. The summed E-state index contributed by atoms with van der Waals surface area (Å²) in [6.07, 6.45) is 7.30. The van der Waals surface area contributed by atoms with Crippen LogP contribution in [0.4, 0.5) is 0 Å². The number of hydrogen-bond donors (Lipinski definition) is 1. The summed E-state index contributed by atoms with van der Waals surface area (Å²) in [6.45, 7) is 7.22. The molecule has 0 saturated carbocycles. The number of hydrogen-bond acceptors (Lipinski definition) is 2. The van der Waals surface area contributed by atoms with Crippen LogP contribution in [0.1, 0.15) is 18.5 Å². The summed E-state index contributed by atoms with van der Waals surface area (Å²) in [5, 5.41) is 10.2. The molecule has 0 aliphatic heterocycles. The Morgan fingerprint density at radius 3 is 3.08 bits per heavy atom. The Kier molecular flexibility index (Phi) is 3.74. The number of H-pyrrole nitrogens is 1. The lowest BCUT2D eigenvalue weighted by Crippen LogP contribution is -1.84. The van der Waals surface area contributed by atoms with Gasteiger partial charge in [-0.25, -0.2) is 0 Å². The van der Waals surface area contributed by atoms with E-state index in [9.17, 15) is 0 Å². The fraction of sp³-hybridized carbons (Fsp3) is 0.200. The van der Waals surface area contributed by atoms with Crippen LogP contribution in [0.15, 0.2) is 31.2 Å². The highest BCUT2D eigenvalue weighted by atomic mass is 15.3. The van der Waals surface area contributed by atoms with Crippen LogP contribution in [0.3, 0.4) is 0 Å². The van der Waals surface area contributed by atoms with Crippen molar-refractivity contribution < 1.29 is 0 Å². The van der Waals surface area contributed by atoms with Gasteiger partial charge < -0.3 is 0 Å². The highest BCUT2D eigenvalue weighted by Gasteiger charge is 2.02. The van der Waals surface area contributed by atoms with Gasteiger partial charge >= 0.3 is 0 Å². The molecular weight excluding hydrogens is 162 g/mol. The average molecular weight is 174 g/mol. The molecule has 3 heteroatoms. The molecule has 1 radical (unpaired) electrons. The lowest BCUT2D eigenvalue weighted by molar-refractivity contribution is 0.929. The maximum absolute atomic E-state index is 3.88. The van der Waals surface area contributed by atoms with Crippen LogP contribution in [-0.4, -0.2) is 15.4 Å². The minimum absolute atomic E-state index is 0.812. The highest BCUT2D eigenvalue weighted by Crippen LogP contribution is 2.15. The van der Waals surface area contributed by atoms with Crippen LogP contribution in [0, 0.1) is 6.42 Å². The average Bonchev–Trinajstić information content (AvgIpc) is 2.65. The monoisotopic (exact) mass is 174 g/mol. The summed E-state index contributed by atoms with van der Waals surface area (Å²) in [5.74, 6) is 0. The second-order valence-electron chi connectivity index (χ2n) is 2.52. The predicted octanol–water partition coefficient (Wildman–Crippen LogP) is 2.14. The first-order valence-electron chi connectivity index (χ1n) is 4.08. The standard InChI is InChI=1S/C10H12N3/c1-3-5-6-7-9(4-2)10-8-11-13-12-10/h3,5,8H,1-2,6-7H2,(H,11,12,13). The molecule has 0 aliphatic carbocycles. The number of unbranched alkanes of at least 4 members (excludes halogenated alkanes) is 1. The third-order valence-corrected chi connectivity index (χ3v) is 1.67. The van der Waals surface area contributed by atoms with Crippen molar-refractivity contribution in [2.24, 2.45) is 0 Å². The molecule has 0 saturated heterocycles. The van der Waals surface area contributed by atoms with Crippen molar-refractivity contribution in [3.8, 4) is 0 Å². The second-order valence-corrected chi connectivity index (χ2v) is 2.52. The van der Waals surface area contributed by atoms with Gasteiger partial charge in [-0.05, 0) is 19.3 Å². The van der Waals surface area contributed by atoms with Crippen molar-refractivity contribution >= 4 is 5.57 Å². The van der Waals surface area contributed by atoms with Crippen molar-refractivity contribution in [2.75, 3.05) is 0 Å². The van der Waals surface area contributed by atoms with E-state index in [-0.39, 0.29) is 0 Å². The van der Waals surface area contributed by atoms with Crippen LogP contribution < -0.4 is 0 Å². The SMILES string of the molecule is C=C=C(CC[CH]C=C)c1c[nH]nn1. The molecule has 13 heavy (non-hydrogen) atoms. The molecule has 1 aromatic heterocycles. The van der Waals surface area contributed by atoms with Crippen LogP contribution in [0.25, 0.3) is 5.57 Å². The lowest BCUT2D eigenvalue weighted by atomic mass is 10.1. The summed E-state index contributed by atoms with van der Waals surface area (Å²) in [5.41, 5.74) is 4.64. The van der Waals surface area contributed by atoms with Gasteiger partial charge in [0.25, 0.3) is 0 Å². The molecule has 0 aliphatic rings. The van der Waals surface area contributed by atoms with Crippen molar-refractivity contribution in [3.05, 3.63) is 43.3 Å². The summed E-state index contributed by atoms with van der Waals surface area (Å²) in [7, 11) is 0. The van der Waals surface area contributed by atoms with E-state index in [2.05, 4.69) is 34.3 Å². The molecule has 0 unspecified atom stereocenters. The maximum atomic E-state index is 3.88. The number of aromatic nitrogens is 3. The molecule has 0 aromatic carbocycles. The number of rotatable bonds is 5. The van der Waals surface area contributed by atoms with Gasteiger partial charge in [0.2, 0.25) is 0 Å². The smallest absolute Gasteiger partial charge is 0.116 e. The Morgan fingerprint density at radius 2 is 2.54 bits per heavy atom. The maximum Gasteiger partial charge on any atom is 0.116 e. The largest absolute Gasteiger partial charge is 0.265 e. The van der Waals surface area contributed by atoms with E-state index >= 15 is 0 Å². The fourth-order valence-corrected chi connectivity index (χ4v) is 1.00. The molecule has 1 aromatic rings. The van der Waals surface area contributed by atoms with Crippen LogP contribution in [0.5, 0.6) is 0 Å². The molecule has 1 rings (SSSR count). The Hall–Kier alpha value is -1.60. The van der Waals surface area contributed by atoms with E-state index in [0.29, 0.717) is 0 Å². The van der Waals surface area contributed by atoms with Crippen molar-refractivity contribution in [3.63, 3.8) is 0 Å². The minimum Gasteiger partial charge on any atom is -0.265 e. The Balaban J connectivity index is 2.55. The highest BCUT2D eigenvalue weighted by molar-refractivity contribution is 5.60. The third-order valence-electron chi connectivity index (χ3n) is 1.67. The van der Waals surface area contributed by atoms with Crippen LogP contribution in [0.2, 0.25) is 0 Å². The Labute approximate surface area is 77.9 Å². The number of aromatic amines is 1. The van der Waals surface area contributed by atoms with E-state index in [1.165, 1.54) is 0 Å². The van der Waals surface area contributed by atoms with Crippen LogP contribution in [-0.2, 0) is 0 Å². The summed E-state index contributed by atoms with van der Waals surface area (Å²) < 4.78 is 0. The third kappa shape index (κ3) is 2.73. The Morgan fingerprint density at radius 1 is 1.69 bits per heavy atom. The van der Waals surface area contributed by atoms with Gasteiger partial charge in [-0.15, -0.1) is 17.4 Å². The van der Waals surface area contributed by atoms with E-state index in [1.54, 1.807) is 12.3 Å². The fourth-order valence-electron chi connectivity index (χ4n) is 1.00. The summed E-state index contributed by atoms with van der Waals surface area (Å²) >= 11 is 0. The van der Waals surface area contributed by atoms with Gasteiger partial charge in [0, 0.05) is 5.57 Å². The van der Waals surface area contributed by atoms with Gasteiger partial charge in [0.1, 0.15) is 5.69 Å². The predicted molar refractivity (Wildman–Crippen MR) is 52.7 cm³/mol. The molecule has 0 atom stereocenters. The van der Waals surface area contributed by atoms with Gasteiger partial charge in [0.15, 0.2) is 0 Å². The zero-order chi connectivity index (χ0) is 9.52. The normalized spacial score (nSPS) is 9.23. The second kappa shape index (κ2) is 5.12.